The van der Waals surface area contributed by atoms with E-state index in [0.717, 1.165) is 22.7 Å². The predicted octanol–water partition coefficient (Wildman–Crippen LogP) is 3.93. The Bertz CT molecular complexity index is 1280. The summed E-state index contributed by atoms with van der Waals surface area (Å²) in [5.74, 6) is 0.544. The summed E-state index contributed by atoms with van der Waals surface area (Å²) in [5, 5.41) is 11.2. The van der Waals surface area contributed by atoms with Gasteiger partial charge in [0.2, 0.25) is 0 Å². The van der Waals surface area contributed by atoms with Crippen molar-refractivity contribution in [2.75, 3.05) is 6.26 Å². The fraction of sp³-hybridized carbons (Fsp3) is 0.143. The molecule has 0 saturated carbocycles. The number of nitrogens with zero attached hydrogens (tertiary/aromatic N) is 4. The van der Waals surface area contributed by atoms with E-state index in [1.807, 2.05) is 30.5 Å². The smallest absolute Gasteiger partial charge is 0.261 e. The highest BCUT2D eigenvalue weighted by Gasteiger charge is 2.12. The van der Waals surface area contributed by atoms with Crippen LogP contribution in [0.25, 0.3) is 11.4 Å². The summed E-state index contributed by atoms with van der Waals surface area (Å²) in [7, 11) is 0. The second-order valence-corrected chi connectivity index (χ2v) is 9.18. The van der Waals surface area contributed by atoms with Crippen molar-refractivity contribution < 1.29 is 4.79 Å². The van der Waals surface area contributed by atoms with Gasteiger partial charge in [-0.05, 0) is 48.2 Å². The molecule has 1 amide bonds. The first-order valence-electron chi connectivity index (χ1n) is 9.30. The third-order valence-corrected chi connectivity index (χ3v) is 6.31. The number of thioether (sulfide) groups is 1. The fourth-order valence-corrected chi connectivity index (χ4v) is 4.55. The number of thiophene rings is 1. The van der Waals surface area contributed by atoms with Crippen LogP contribution in [0.1, 0.15) is 20.9 Å². The van der Waals surface area contributed by atoms with Crippen molar-refractivity contribution in [1.82, 2.24) is 24.9 Å². The topological polar surface area (TPSA) is 81.8 Å². The Hall–Kier alpha value is -2.88. The van der Waals surface area contributed by atoms with E-state index in [1.165, 1.54) is 17.4 Å². The Labute approximate surface area is 191 Å². The molecule has 0 saturated heterocycles. The number of carbonyl (C=O) groups excluding carboxylic acids is 1. The average molecular weight is 472 g/mol. The Balaban J connectivity index is 1.55. The lowest BCUT2D eigenvalue weighted by molar-refractivity contribution is 0.0954. The molecule has 0 atom stereocenters. The average Bonchev–Trinajstić information content (AvgIpc) is 3.42. The number of benzene rings is 1. The number of hydrogen-bond acceptors (Lipinski definition) is 6. The van der Waals surface area contributed by atoms with Crippen LogP contribution in [-0.2, 0) is 12.3 Å². The normalized spacial score (nSPS) is 10.9. The van der Waals surface area contributed by atoms with E-state index in [2.05, 4.69) is 15.6 Å². The van der Waals surface area contributed by atoms with Crippen molar-refractivity contribution in [2.24, 2.45) is 0 Å². The van der Waals surface area contributed by atoms with Crippen molar-refractivity contribution in [3.63, 3.8) is 0 Å². The molecule has 0 unspecified atom stereocenters. The summed E-state index contributed by atoms with van der Waals surface area (Å²) in [6, 6.07) is 14.2. The monoisotopic (exact) mass is 471 g/mol. The van der Waals surface area contributed by atoms with Gasteiger partial charge in [0.25, 0.3) is 11.5 Å². The van der Waals surface area contributed by atoms with Crippen LogP contribution in [0, 0.1) is 0 Å². The van der Waals surface area contributed by atoms with E-state index in [9.17, 15) is 9.59 Å². The van der Waals surface area contributed by atoms with Crippen LogP contribution in [0.4, 0.5) is 0 Å². The van der Waals surface area contributed by atoms with Crippen LogP contribution >= 0.6 is 34.7 Å². The van der Waals surface area contributed by atoms with Gasteiger partial charge in [0.05, 0.1) is 27.6 Å². The molecule has 0 bridgehead atoms. The van der Waals surface area contributed by atoms with Gasteiger partial charge in [-0.1, -0.05) is 22.9 Å². The molecule has 4 rings (SSSR count). The number of hydrogen-bond donors (Lipinski definition) is 1. The number of carbonyl (C=O) groups is 1. The van der Waals surface area contributed by atoms with Gasteiger partial charge in [-0.3, -0.25) is 14.2 Å². The lowest BCUT2D eigenvalue weighted by Gasteiger charge is -2.12. The van der Waals surface area contributed by atoms with Crippen molar-refractivity contribution >= 4 is 40.6 Å². The largest absolute Gasteiger partial charge is 0.346 e. The summed E-state index contributed by atoms with van der Waals surface area (Å²) in [6.07, 6.45) is 5.55. The molecule has 0 aliphatic rings. The van der Waals surface area contributed by atoms with Gasteiger partial charge in [0.1, 0.15) is 5.69 Å². The summed E-state index contributed by atoms with van der Waals surface area (Å²) in [6.45, 7) is 0.254. The molecule has 0 spiro atoms. The molecule has 0 radical (unpaired) electrons. The second kappa shape index (κ2) is 9.51. The first kappa shape index (κ1) is 21.4. The Kier molecular flexibility index (Phi) is 6.55. The molecule has 7 nitrogen and oxygen atoms in total. The summed E-state index contributed by atoms with van der Waals surface area (Å²) < 4.78 is 3.86. The number of aromatic nitrogens is 4. The third-order valence-electron chi connectivity index (χ3n) is 4.48. The van der Waals surface area contributed by atoms with Gasteiger partial charge >= 0.3 is 0 Å². The molecular formula is C21H18ClN5O2S2. The number of halogens is 1. The molecule has 158 valence electrons. The second-order valence-electron chi connectivity index (χ2n) is 6.60. The molecule has 0 fully saturated rings. The lowest BCUT2D eigenvalue weighted by Crippen LogP contribution is -2.21. The third kappa shape index (κ3) is 4.90. The quantitative estimate of drug-likeness (QED) is 0.441. The highest BCUT2D eigenvalue weighted by molar-refractivity contribution is 7.97. The highest BCUT2D eigenvalue weighted by Crippen LogP contribution is 2.23. The minimum absolute atomic E-state index is 0.0869. The van der Waals surface area contributed by atoms with Crippen LogP contribution in [0.15, 0.2) is 65.7 Å². The summed E-state index contributed by atoms with van der Waals surface area (Å²) in [4.78, 5) is 24.9. The first-order chi connectivity index (χ1) is 15.0. The van der Waals surface area contributed by atoms with E-state index in [1.54, 1.807) is 51.6 Å². The Morgan fingerprint density at radius 1 is 1.23 bits per heavy atom. The summed E-state index contributed by atoms with van der Waals surface area (Å²) in [5.41, 5.74) is 3.23. The lowest BCUT2D eigenvalue weighted by atomic mass is 10.1. The molecule has 4 aromatic rings. The van der Waals surface area contributed by atoms with E-state index in [-0.39, 0.29) is 18.0 Å². The maximum absolute atomic E-state index is 12.2. The van der Waals surface area contributed by atoms with Crippen LogP contribution in [-0.4, -0.2) is 31.7 Å². The van der Waals surface area contributed by atoms with Crippen LogP contribution in [0.3, 0.4) is 0 Å². The molecule has 1 aromatic carbocycles. The SMILES string of the molecule is CSCc1cc(-n2ccccc2=O)ccc1-n1cc(CNC(=O)c2ccc(Cl)s2)nn1. The molecule has 31 heavy (non-hydrogen) atoms. The number of amides is 1. The van der Waals surface area contributed by atoms with E-state index in [4.69, 9.17) is 11.6 Å². The van der Waals surface area contributed by atoms with E-state index < -0.39 is 0 Å². The maximum atomic E-state index is 12.2. The number of rotatable bonds is 7. The summed E-state index contributed by atoms with van der Waals surface area (Å²) >= 11 is 8.79. The van der Waals surface area contributed by atoms with Crippen molar-refractivity contribution in [1.29, 1.82) is 0 Å². The molecular weight excluding hydrogens is 454 g/mol. The maximum Gasteiger partial charge on any atom is 0.261 e. The van der Waals surface area contributed by atoms with Crippen LogP contribution in [0.5, 0.6) is 0 Å². The molecule has 0 aliphatic carbocycles. The van der Waals surface area contributed by atoms with Crippen LogP contribution < -0.4 is 10.9 Å². The van der Waals surface area contributed by atoms with Crippen molar-refractivity contribution in [2.45, 2.75) is 12.3 Å². The van der Waals surface area contributed by atoms with E-state index in [0.29, 0.717) is 14.9 Å². The molecule has 1 N–H and O–H groups in total. The van der Waals surface area contributed by atoms with Gasteiger partial charge in [0, 0.05) is 23.7 Å². The Morgan fingerprint density at radius 2 is 2.10 bits per heavy atom. The van der Waals surface area contributed by atoms with Gasteiger partial charge in [0.15, 0.2) is 0 Å². The van der Waals surface area contributed by atoms with Crippen molar-refractivity contribution in [3.05, 3.63) is 91.7 Å². The Morgan fingerprint density at radius 3 is 2.84 bits per heavy atom. The predicted molar refractivity (Wildman–Crippen MR) is 125 cm³/mol. The molecule has 10 heteroatoms. The van der Waals surface area contributed by atoms with Crippen LogP contribution in [0.2, 0.25) is 4.34 Å². The van der Waals surface area contributed by atoms with Gasteiger partial charge in [-0.15, -0.1) is 16.4 Å². The van der Waals surface area contributed by atoms with E-state index >= 15 is 0 Å². The fourth-order valence-electron chi connectivity index (χ4n) is 3.05. The zero-order valence-corrected chi connectivity index (χ0v) is 18.9. The van der Waals surface area contributed by atoms with Gasteiger partial charge in [-0.2, -0.15) is 11.8 Å². The standard InChI is InChI=1S/C21H18ClN5O2S2/c1-30-13-14-10-16(26-9-3-2-4-20(26)28)5-6-17(14)27-12-15(24-25-27)11-23-21(29)18-7-8-19(22)31-18/h2-10,12H,11,13H2,1H3,(H,23,29). The van der Waals surface area contributed by atoms with Gasteiger partial charge < -0.3 is 5.32 Å². The van der Waals surface area contributed by atoms with Gasteiger partial charge in [-0.25, -0.2) is 4.68 Å². The number of nitrogens with one attached hydrogen (secondary N) is 1. The minimum atomic E-state index is -0.202. The minimum Gasteiger partial charge on any atom is -0.346 e. The highest BCUT2D eigenvalue weighted by atomic mass is 35.5. The molecule has 3 aromatic heterocycles. The molecule has 0 aliphatic heterocycles. The van der Waals surface area contributed by atoms with Crippen molar-refractivity contribution in [3.8, 4) is 11.4 Å². The number of pyridine rings is 1. The zero-order valence-electron chi connectivity index (χ0n) is 16.5. The zero-order chi connectivity index (χ0) is 21.8. The molecule has 3 heterocycles. The first-order valence-corrected chi connectivity index (χ1v) is 11.9.